The molecule has 1 aromatic rings. The number of barbiturate groups is 1. The van der Waals surface area contributed by atoms with Crippen LogP contribution in [0.3, 0.4) is 0 Å². The molecule has 1 heterocycles. The lowest BCUT2D eigenvalue weighted by atomic mass is 9.95. The van der Waals surface area contributed by atoms with Gasteiger partial charge in [0.15, 0.2) is 0 Å². The molecular weight excluding hydrogens is 392 g/mol. The van der Waals surface area contributed by atoms with Gasteiger partial charge in [0.2, 0.25) is 12.6 Å². The Morgan fingerprint density at radius 3 is 2.12 bits per heavy atom. The van der Waals surface area contributed by atoms with Gasteiger partial charge in [-0.15, -0.1) is 0 Å². The molecule has 0 saturated carbocycles. The van der Waals surface area contributed by atoms with Crippen LogP contribution in [0.5, 0.6) is 5.75 Å². The van der Waals surface area contributed by atoms with Gasteiger partial charge in [-0.05, 0) is 35.8 Å². The highest BCUT2D eigenvalue weighted by molar-refractivity contribution is 9.10. The van der Waals surface area contributed by atoms with Crippen LogP contribution in [0.2, 0.25) is 18.1 Å². The third-order valence-corrected chi connectivity index (χ3v) is 10.0. The molecule has 6 nitrogen and oxygen atoms in total. The summed E-state index contributed by atoms with van der Waals surface area (Å²) < 4.78 is 4.56. The minimum atomic E-state index is -2.06. The second-order valence-electron chi connectivity index (χ2n) is 7.29. The highest BCUT2D eigenvalue weighted by Crippen LogP contribution is 2.39. The Balaban J connectivity index is 2.39. The fourth-order valence-electron chi connectivity index (χ4n) is 2.00. The van der Waals surface area contributed by atoms with E-state index >= 15 is 0 Å². The average Bonchev–Trinajstić information content (AvgIpc) is 2.43. The van der Waals surface area contributed by atoms with Crippen molar-refractivity contribution >= 4 is 42.1 Å². The zero-order chi connectivity index (χ0) is 18.3. The summed E-state index contributed by atoms with van der Waals surface area (Å²) in [6.45, 7) is 10.6. The maximum Gasteiger partial charge on any atom is 0.328 e. The van der Waals surface area contributed by atoms with E-state index in [0.29, 0.717) is 11.3 Å². The van der Waals surface area contributed by atoms with Crippen molar-refractivity contribution in [3.8, 4) is 5.75 Å². The number of alkyl halides is 1. The zero-order valence-corrected chi connectivity index (χ0v) is 16.9. The van der Waals surface area contributed by atoms with E-state index in [1.807, 2.05) is 0 Å². The van der Waals surface area contributed by atoms with Crippen molar-refractivity contribution in [2.24, 2.45) is 0 Å². The fraction of sp³-hybridized carbons (Fsp3) is 0.438. The van der Waals surface area contributed by atoms with Crippen LogP contribution in [0.4, 0.5) is 4.79 Å². The van der Waals surface area contributed by atoms with Crippen LogP contribution in [0.25, 0.3) is 0 Å². The number of hydrogen-bond acceptors (Lipinski definition) is 4. The Hall–Kier alpha value is -1.67. The highest BCUT2D eigenvalue weighted by Gasteiger charge is 2.50. The van der Waals surface area contributed by atoms with Crippen LogP contribution in [-0.2, 0) is 13.9 Å². The molecule has 2 rings (SSSR count). The zero-order valence-electron chi connectivity index (χ0n) is 14.3. The van der Waals surface area contributed by atoms with Gasteiger partial charge in [0.05, 0.1) is 0 Å². The monoisotopic (exact) mass is 412 g/mol. The van der Waals surface area contributed by atoms with Crippen LogP contribution in [-0.4, -0.2) is 26.2 Å². The molecule has 1 fully saturated rings. The molecule has 130 valence electrons. The van der Waals surface area contributed by atoms with Gasteiger partial charge in [-0.3, -0.25) is 20.2 Å². The first-order valence-electron chi connectivity index (χ1n) is 7.53. The van der Waals surface area contributed by atoms with Crippen LogP contribution in [0.15, 0.2) is 24.3 Å². The smallest absolute Gasteiger partial charge is 0.328 e. The first kappa shape index (κ1) is 18.7. The molecule has 8 heteroatoms. The number of carbonyl (C=O) groups is 3. The molecule has 24 heavy (non-hydrogen) atoms. The van der Waals surface area contributed by atoms with E-state index in [4.69, 9.17) is 4.43 Å². The van der Waals surface area contributed by atoms with E-state index in [9.17, 15) is 14.4 Å². The lowest BCUT2D eigenvalue weighted by Crippen LogP contribution is -2.62. The molecule has 0 aliphatic carbocycles. The molecular formula is C16H21BrN2O4Si. The molecule has 0 unspecified atom stereocenters. The van der Waals surface area contributed by atoms with Gasteiger partial charge in [0, 0.05) is 0 Å². The summed E-state index contributed by atoms with van der Waals surface area (Å²) in [4.78, 5) is 35.7. The lowest BCUT2D eigenvalue weighted by Gasteiger charge is -2.37. The van der Waals surface area contributed by atoms with Crippen LogP contribution >= 0.6 is 15.9 Å². The summed E-state index contributed by atoms with van der Waals surface area (Å²) in [5.41, 5.74) is 0.404. The number of amides is 4. The summed E-state index contributed by atoms with van der Waals surface area (Å²) in [5.74, 6) is -0.850. The molecule has 0 aromatic heterocycles. The minimum absolute atomic E-state index is 0.0150. The summed E-state index contributed by atoms with van der Waals surface area (Å²) in [6, 6.07) is 5.99. The second-order valence-corrected chi connectivity index (χ2v) is 13.2. The van der Waals surface area contributed by atoms with Crippen LogP contribution < -0.4 is 15.1 Å². The number of nitrogens with one attached hydrogen (secondary N) is 2. The predicted octanol–water partition coefficient (Wildman–Crippen LogP) is 3.03. The van der Waals surface area contributed by atoms with Crippen molar-refractivity contribution in [3.05, 3.63) is 29.8 Å². The van der Waals surface area contributed by atoms with Crippen LogP contribution in [0.1, 0.15) is 26.3 Å². The predicted molar refractivity (Wildman–Crippen MR) is 96.6 cm³/mol. The molecule has 1 saturated heterocycles. The van der Waals surface area contributed by atoms with Gasteiger partial charge in [0.25, 0.3) is 11.8 Å². The number of benzene rings is 1. The highest BCUT2D eigenvalue weighted by atomic mass is 79.9. The maximum atomic E-state index is 12.2. The topological polar surface area (TPSA) is 84.5 Å². The van der Waals surface area contributed by atoms with Crippen molar-refractivity contribution in [1.82, 2.24) is 10.6 Å². The Bertz CT molecular complexity index is 692. The summed E-state index contributed by atoms with van der Waals surface area (Å²) in [7, 11) is -2.06. The van der Waals surface area contributed by atoms with Gasteiger partial charge in [-0.2, -0.15) is 0 Å². The molecule has 0 atom stereocenters. The van der Waals surface area contributed by atoms with Crippen molar-refractivity contribution in [2.45, 2.75) is 43.2 Å². The maximum absolute atomic E-state index is 12.2. The summed E-state index contributed by atoms with van der Waals surface area (Å²) in [5, 5.41) is 4.22. The standard InChI is InChI=1S/C16H21BrN2O4Si/c1-15(2,3)24(4,5)23-11-8-6-7-10(9-11)16(17)12(20)18-14(22)19-13(16)21/h6-9H,1-5H3,(H2,18,19,20,21,22). The van der Waals surface area contributed by atoms with Crippen LogP contribution in [0, 0.1) is 0 Å². The van der Waals surface area contributed by atoms with E-state index < -0.39 is 30.5 Å². The average molecular weight is 413 g/mol. The van der Waals surface area contributed by atoms with E-state index in [0.717, 1.165) is 0 Å². The summed E-state index contributed by atoms with van der Waals surface area (Å²) in [6.07, 6.45) is 0. The van der Waals surface area contributed by atoms with Crippen molar-refractivity contribution in [1.29, 1.82) is 0 Å². The van der Waals surface area contributed by atoms with Gasteiger partial charge in [-0.25, -0.2) is 4.79 Å². The molecule has 1 aliphatic rings. The Kier molecular flexibility index (Phi) is 4.66. The molecule has 0 spiro atoms. The van der Waals surface area contributed by atoms with Gasteiger partial charge < -0.3 is 4.43 Å². The quantitative estimate of drug-likeness (QED) is 0.453. The third kappa shape index (κ3) is 3.25. The normalized spacial score (nSPS) is 18.0. The van der Waals surface area contributed by atoms with E-state index in [1.54, 1.807) is 24.3 Å². The number of urea groups is 1. The van der Waals surface area contributed by atoms with Crippen molar-refractivity contribution in [3.63, 3.8) is 0 Å². The SMILES string of the molecule is CC(C)(C)[Si](C)(C)Oc1cccc(C2(Br)C(=O)NC(=O)NC2=O)c1. The first-order valence-corrected chi connectivity index (χ1v) is 11.2. The number of imide groups is 2. The molecule has 2 N–H and O–H groups in total. The Labute approximate surface area is 150 Å². The summed E-state index contributed by atoms with van der Waals surface area (Å²) >= 11 is 3.20. The van der Waals surface area contributed by atoms with Gasteiger partial charge >= 0.3 is 6.03 Å². The van der Waals surface area contributed by atoms with Gasteiger partial charge in [0.1, 0.15) is 5.75 Å². The van der Waals surface area contributed by atoms with Crippen molar-refractivity contribution in [2.75, 3.05) is 0 Å². The third-order valence-electron chi connectivity index (χ3n) is 4.49. The number of hydrogen-bond donors (Lipinski definition) is 2. The Morgan fingerprint density at radius 2 is 1.62 bits per heavy atom. The molecule has 0 radical (unpaired) electrons. The number of carbonyl (C=O) groups excluding carboxylic acids is 3. The minimum Gasteiger partial charge on any atom is -0.543 e. The largest absolute Gasteiger partial charge is 0.543 e. The van der Waals surface area contributed by atoms with Crippen molar-refractivity contribution < 1.29 is 18.8 Å². The number of rotatable bonds is 3. The molecule has 1 aliphatic heterocycles. The van der Waals surface area contributed by atoms with E-state index in [-0.39, 0.29) is 5.04 Å². The fourth-order valence-corrected chi connectivity index (χ4v) is 3.46. The molecule has 4 amide bonds. The lowest BCUT2D eigenvalue weighted by molar-refractivity contribution is -0.133. The van der Waals surface area contributed by atoms with E-state index in [1.165, 1.54) is 0 Å². The second kappa shape index (κ2) is 6.00. The van der Waals surface area contributed by atoms with E-state index in [2.05, 4.69) is 60.4 Å². The molecule has 0 bridgehead atoms. The number of halogens is 1. The Morgan fingerprint density at radius 1 is 1.08 bits per heavy atom. The first-order chi connectivity index (χ1) is 10.9. The molecule has 1 aromatic carbocycles. The van der Waals surface area contributed by atoms with Gasteiger partial charge in [-0.1, -0.05) is 48.8 Å².